The second-order valence-corrected chi connectivity index (χ2v) is 5.25. The summed E-state index contributed by atoms with van der Waals surface area (Å²) in [6, 6.07) is 6.16. The van der Waals surface area contributed by atoms with Crippen LogP contribution in [0.5, 0.6) is 5.75 Å². The smallest absolute Gasteiger partial charge is 0.254 e. The molecule has 0 unspecified atom stereocenters. The van der Waals surface area contributed by atoms with Crippen LogP contribution < -0.4 is 9.30 Å². The molecule has 0 amide bonds. The van der Waals surface area contributed by atoms with Crippen LogP contribution in [0.25, 0.3) is 11.0 Å². The van der Waals surface area contributed by atoms with Crippen molar-refractivity contribution < 1.29 is 23.9 Å². The van der Waals surface area contributed by atoms with Crippen LogP contribution in [0.3, 0.4) is 0 Å². The van der Waals surface area contributed by atoms with Crippen LogP contribution in [0.15, 0.2) is 18.2 Å². The molecule has 0 aliphatic carbocycles. The Labute approximate surface area is 137 Å². The third-order valence-electron chi connectivity index (χ3n) is 3.93. The predicted molar refractivity (Wildman–Crippen MR) is 87.8 cm³/mol. The normalized spacial score (nSPS) is 11.3. The average molecular weight is 323 g/mol. The number of aryl methyl sites for hydroxylation is 1. The number of ether oxygens (including phenoxy) is 3. The Morgan fingerprint density at radius 2 is 1.87 bits per heavy atom. The highest BCUT2D eigenvalue weighted by atomic mass is 16.5. The Balaban J connectivity index is 2.04. The van der Waals surface area contributed by atoms with Crippen molar-refractivity contribution in [3.8, 4) is 5.75 Å². The van der Waals surface area contributed by atoms with Crippen molar-refractivity contribution in [2.24, 2.45) is 0 Å². The van der Waals surface area contributed by atoms with Gasteiger partial charge >= 0.3 is 0 Å². The zero-order chi connectivity index (χ0) is 16.7. The first kappa shape index (κ1) is 17.7. The molecular weight excluding hydrogens is 296 g/mol. The van der Waals surface area contributed by atoms with Crippen molar-refractivity contribution in [3.05, 3.63) is 24.0 Å². The van der Waals surface area contributed by atoms with Crippen molar-refractivity contribution >= 4 is 11.0 Å². The average Bonchev–Trinajstić information content (AvgIpc) is 2.84. The lowest BCUT2D eigenvalue weighted by atomic mass is 10.3. The Morgan fingerprint density at radius 3 is 2.52 bits per heavy atom. The Kier molecular flexibility index (Phi) is 6.83. The number of aliphatic hydroxyl groups is 1. The van der Waals surface area contributed by atoms with Gasteiger partial charge in [-0.05, 0) is 19.1 Å². The van der Waals surface area contributed by atoms with Gasteiger partial charge in [0.1, 0.15) is 12.3 Å². The maximum atomic E-state index is 8.63. The molecule has 1 heterocycles. The molecule has 0 fully saturated rings. The lowest BCUT2D eigenvalue weighted by Gasteiger charge is -2.04. The monoisotopic (exact) mass is 323 g/mol. The summed E-state index contributed by atoms with van der Waals surface area (Å²) in [5.74, 6) is 2.07. The largest absolute Gasteiger partial charge is 0.497 e. The molecule has 0 saturated heterocycles. The second kappa shape index (κ2) is 8.86. The Morgan fingerprint density at radius 1 is 1.13 bits per heavy atom. The third kappa shape index (κ3) is 4.22. The number of aromatic nitrogens is 2. The summed E-state index contributed by atoms with van der Waals surface area (Å²) in [6.45, 7) is 8.07. The maximum absolute atomic E-state index is 8.63. The standard InChI is InChI=1S/C17H27N2O4/c1-4-18-14(2)19(7-9-22-11-12-23-10-8-20)16-6-5-15(21-3)13-17(16)18/h5-6,13,20H,4,7-12H2,1-3H3/q+1. The quantitative estimate of drug-likeness (QED) is 0.529. The van der Waals surface area contributed by atoms with Gasteiger partial charge in [0.2, 0.25) is 0 Å². The fraction of sp³-hybridized carbons (Fsp3) is 0.588. The van der Waals surface area contributed by atoms with E-state index in [1.54, 1.807) is 7.11 Å². The lowest BCUT2D eigenvalue weighted by molar-refractivity contribution is -0.680. The number of fused-ring (bicyclic) bond motifs is 1. The van der Waals surface area contributed by atoms with E-state index in [0.717, 1.165) is 18.8 Å². The summed E-state index contributed by atoms with van der Waals surface area (Å²) in [6.07, 6.45) is 0. The zero-order valence-corrected chi connectivity index (χ0v) is 14.2. The SMILES string of the molecule is CCn1c(C)[n+](CCOCCOCCO)c2ccc(OC)cc21. The summed E-state index contributed by atoms with van der Waals surface area (Å²) in [4.78, 5) is 0. The van der Waals surface area contributed by atoms with E-state index in [0.29, 0.717) is 26.4 Å². The molecular formula is C17H27N2O4+. The van der Waals surface area contributed by atoms with Crippen LogP contribution in [0.4, 0.5) is 0 Å². The molecule has 6 nitrogen and oxygen atoms in total. The molecule has 23 heavy (non-hydrogen) atoms. The molecule has 1 aromatic heterocycles. The van der Waals surface area contributed by atoms with Gasteiger partial charge in [0, 0.05) is 13.0 Å². The van der Waals surface area contributed by atoms with E-state index < -0.39 is 0 Å². The number of nitrogens with zero attached hydrogens (tertiary/aromatic N) is 2. The third-order valence-corrected chi connectivity index (χ3v) is 3.93. The molecule has 0 saturated carbocycles. The van der Waals surface area contributed by atoms with Gasteiger partial charge in [-0.15, -0.1) is 0 Å². The summed E-state index contributed by atoms with van der Waals surface area (Å²) in [7, 11) is 1.69. The molecule has 1 N–H and O–H groups in total. The minimum Gasteiger partial charge on any atom is -0.497 e. The molecule has 0 atom stereocenters. The van der Waals surface area contributed by atoms with E-state index in [9.17, 15) is 0 Å². The fourth-order valence-electron chi connectivity index (χ4n) is 2.79. The molecule has 2 rings (SSSR count). The van der Waals surface area contributed by atoms with Crippen LogP contribution in [-0.4, -0.2) is 49.8 Å². The van der Waals surface area contributed by atoms with Crippen LogP contribution in [0.1, 0.15) is 12.7 Å². The number of rotatable bonds is 10. The molecule has 2 aromatic rings. The van der Waals surface area contributed by atoms with Crippen molar-refractivity contribution in [2.45, 2.75) is 26.9 Å². The van der Waals surface area contributed by atoms with Gasteiger partial charge in [-0.3, -0.25) is 0 Å². The minimum absolute atomic E-state index is 0.0506. The van der Waals surface area contributed by atoms with E-state index in [-0.39, 0.29) is 6.61 Å². The van der Waals surface area contributed by atoms with Crippen LogP contribution in [0.2, 0.25) is 0 Å². The fourth-order valence-corrected chi connectivity index (χ4v) is 2.79. The molecule has 0 aliphatic heterocycles. The van der Waals surface area contributed by atoms with Crippen molar-refractivity contribution in [1.29, 1.82) is 0 Å². The van der Waals surface area contributed by atoms with Gasteiger partial charge in [-0.25, -0.2) is 9.13 Å². The van der Waals surface area contributed by atoms with Gasteiger partial charge in [0.05, 0.1) is 46.7 Å². The number of aliphatic hydroxyl groups excluding tert-OH is 1. The number of imidazole rings is 1. The summed E-state index contributed by atoms with van der Waals surface area (Å²) >= 11 is 0. The molecule has 6 heteroatoms. The first-order chi connectivity index (χ1) is 11.2. The highest BCUT2D eigenvalue weighted by Gasteiger charge is 2.20. The van der Waals surface area contributed by atoms with E-state index in [1.807, 2.05) is 6.07 Å². The predicted octanol–water partition coefficient (Wildman–Crippen LogP) is 1.29. The summed E-state index contributed by atoms with van der Waals surface area (Å²) < 4.78 is 20.7. The first-order valence-electron chi connectivity index (χ1n) is 8.06. The minimum atomic E-state index is 0.0506. The number of benzene rings is 1. The zero-order valence-electron chi connectivity index (χ0n) is 14.2. The van der Waals surface area contributed by atoms with E-state index in [4.69, 9.17) is 19.3 Å². The highest BCUT2D eigenvalue weighted by molar-refractivity contribution is 5.74. The molecule has 1 aromatic carbocycles. The van der Waals surface area contributed by atoms with Crippen molar-refractivity contribution in [3.63, 3.8) is 0 Å². The topological polar surface area (TPSA) is 56.7 Å². The van der Waals surface area contributed by atoms with Gasteiger partial charge < -0.3 is 19.3 Å². The molecule has 0 bridgehead atoms. The highest BCUT2D eigenvalue weighted by Crippen LogP contribution is 2.20. The van der Waals surface area contributed by atoms with Gasteiger partial charge in [0.25, 0.3) is 5.82 Å². The van der Waals surface area contributed by atoms with E-state index in [1.165, 1.54) is 16.9 Å². The van der Waals surface area contributed by atoms with E-state index >= 15 is 0 Å². The number of hydrogen-bond acceptors (Lipinski definition) is 4. The second-order valence-electron chi connectivity index (χ2n) is 5.25. The molecule has 0 aliphatic rings. The van der Waals surface area contributed by atoms with Crippen LogP contribution in [0, 0.1) is 6.92 Å². The number of methoxy groups -OCH3 is 1. The number of hydrogen-bond donors (Lipinski definition) is 1. The van der Waals surface area contributed by atoms with Gasteiger partial charge in [-0.1, -0.05) is 0 Å². The maximum Gasteiger partial charge on any atom is 0.254 e. The van der Waals surface area contributed by atoms with Gasteiger partial charge in [0.15, 0.2) is 11.0 Å². The van der Waals surface area contributed by atoms with Crippen molar-refractivity contribution in [1.82, 2.24) is 4.57 Å². The molecule has 0 radical (unpaired) electrons. The Hall–Kier alpha value is -1.63. The van der Waals surface area contributed by atoms with Crippen molar-refractivity contribution in [2.75, 3.05) is 40.1 Å². The molecule has 128 valence electrons. The van der Waals surface area contributed by atoms with Crippen LogP contribution in [-0.2, 0) is 22.6 Å². The first-order valence-corrected chi connectivity index (χ1v) is 8.06. The van der Waals surface area contributed by atoms with Crippen LogP contribution >= 0.6 is 0 Å². The lowest BCUT2D eigenvalue weighted by Crippen LogP contribution is -2.38. The summed E-state index contributed by atoms with van der Waals surface area (Å²) in [5, 5.41) is 8.63. The Bertz CT molecular complexity index is 625. The van der Waals surface area contributed by atoms with E-state index in [2.05, 4.69) is 35.1 Å². The summed E-state index contributed by atoms with van der Waals surface area (Å²) in [5.41, 5.74) is 2.36. The van der Waals surface area contributed by atoms with Gasteiger partial charge in [-0.2, -0.15) is 0 Å². The molecule has 0 spiro atoms.